The SMILES string of the molecule is CC(=O)NC1[C@@H](OC2[C@H](O[C@@H]3C(CO[C@@H]4OC(CO)[C@@H](O)[C@H](O)C4O)O[C@H](OCCCSC4CC(=O)NC4=O)C(O)[C@H]3O[C@@H]3OC(CO)[C@@H](O)[C@H](O)C3O)OC(CO)[C@@H](O)[C@@H]2O)OC(CO)[C@@H](O[C@@H]2OC(CO)[C@H](O[C@H]3OC(CO)[C@H](O)[C@H](O)C3O)[C@H](O)C2O)[C@@H]1O. The van der Waals surface area contributed by atoms with E-state index in [9.17, 15) is 122 Å². The highest BCUT2D eigenvalue weighted by molar-refractivity contribution is 8.00. The van der Waals surface area contributed by atoms with Gasteiger partial charge < -0.3 is 179 Å². The largest absolute Gasteiger partial charge is 0.394 e. The van der Waals surface area contributed by atoms with Gasteiger partial charge in [0.25, 0.3) is 0 Å². The summed E-state index contributed by atoms with van der Waals surface area (Å²) in [5.41, 5.74) is 0. The number of amides is 3. The summed E-state index contributed by atoms with van der Waals surface area (Å²) >= 11 is 1.10. The summed E-state index contributed by atoms with van der Waals surface area (Å²) in [6.45, 7) is -6.37. The van der Waals surface area contributed by atoms with E-state index in [-0.39, 0.29) is 25.2 Å². The van der Waals surface area contributed by atoms with Crippen molar-refractivity contribution < 1.29 is 188 Å². The predicted molar refractivity (Wildman–Crippen MR) is 286 cm³/mol. The second-order valence-corrected chi connectivity index (χ2v) is 24.3. The van der Waals surface area contributed by atoms with E-state index in [4.69, 9.17) is 66.3 Å². The molecule has 40 nitrogen and oxygen atoms in total. The molecule has 3 amide bonds. The van der Waals surface area contributed by atoms with Crippen molar-refractivity contribution in [2.45, 2.75) is 240 Å². The number of carbonyl (C=O) groups is 3. The molecule has 92 heavy (non-hydrogen) atoms. The molecule has 532 valence electrons. The zero-order valence-corrected chi connectivity index (χ0v) is 49.6. The first-order valence-electron chi connectivity index (χ1n) is 29.4. The summed E-state index contributed by atoms with van der Waals surface area (Å²) in [5.74, 6) is -1.75. The number of thioether (sulfide) groups is 1. The van der Waals surface area contributed by atoms with Gasteiger partial charge in [-0.05, 0) is 12.2 Å². The molecule has 0 bridgehead atoms. The minimum absolute atomic E-state index is 0.0945. The van der Waals surface area contributed by atoms with Gasteiger partial charge in [0.05, 0.1) is 58.1 Å². The van der Waals surface area contributed by atoms with Crippen LogP contribution in [0.15, 0.2) is 0 Å². The fourth-order valence-electron chi connectivity index (χ4n) is 11.5. The molecule has 8 saturated heterocycles. The van der Waals surface area contributed by atoms with Gasteiger partial charge in [0.15, 0.2) is 44.0 Å². The van der Waals surface area contributed by atoms with Gasteiger partial charge in [0.2, 0.25) is 17.7 Å². The molecule has 36 atom stereocenters. The molecule has 8 aliphatic heterocycles. The number of rotatable bonds is 26. The van der Waals surface area contributed by atoms with Gasteiger partial charge in [-0.2, -0.15) is 0 Å². The lowest BCUT2D eigenvalue weighted by molar-refractivity contribution is -0.404. The van der Waals surface area contributed by atoms with Gasteiger partial charge in [-0.25, -0.2) is 0 Å². The van der Waals surface area contributed by atoms with Crippen LogP contribution >= 0.6 is 11.8 Å². The Morgan fingerprint density at radius 2 is 0.804 bits per heavy atom. The number of ether oxygens (including phenoxy) is 14. The lowest BCUT2D eigenvalue weighted by Crippen LogP contribution is -2.70. The summed E-state index contributed by atoms with van der Waals surface area (Å²) < 4.78 is 82.5. The zero-order chi connectivity index (χ0) is 67.3. The maximum atomic E-state index is 12.9. The van der Waals surface area contributed by atoms with E-state index in [0.717, 1.165) is 18.7 Å². The summed E-state index contributed by atoms with van der Waals surface area (Å²) in [6, 6.07) is -1.93. The van der Waals surface area contributed by atoms with Crippen LogP contribution in [0.5, 0.6) is 0 Å². The molecule has 8 rings (SSSR count). The van der Waals surface area contributed by atoms with Crippen LogP contribution in [0.4, 0.5) is 0 Å². The van der Waals surface area contributed by atoms with Crippen LogP contribution < -0.4 is 10.6 Å². The molecule has 15 unspecified atom stereocenters. The lowest BCUT2D eigenvalue weighted by Gasteiger charge is -2.51. The minimum Gasteiger partial charge on any atom is -0.394 e. The molecule has 0 aromatic heterocycles. The van der Waals surface area contributed by atoms with Gasteiger partial charge in [-0.15, -0.1) is 11.8 Å². The minimum atomic E-state index is -2.31. The number of imide groups is 1. The third kappa shape index (κ3) is 16.6. The first kappa shape index (κ1) is 75.3. The average molecular weight is 1370 g/mol. The lowest BCUT2D eigenvalue weighted by atomic mass is 9.94. The van der Waals surface area contributed by atoms with Gasteiger partial charge >= 0.3 is 0 Å². The summed E-state index contributed by atoms with van der Waals surface area (Å²) in [6.07, 6.45) is -67.8. The summed E-state index contributed by atoms with van der Waals surface area (Å²) in [7, 11) is 0. The zero-order valence-electron chi connectivity index (χ0n) is 48.8. The smallest absolute Gasteiger partial charge is 0.240 e. The van der Waals surface area contributed by atoms with Gasteiger partial charge in [0.1, 0.15) is 171 Å². The van der Waals surface area contributed by atoms with Gasteiger partial charge in [-0.3, -0.25) is 19.7 Å². The second-order valence-electron chi connectivity index (χ2n) is 23.0. The Labute approximate surface area is 525 Å². The van der Waals surface area contributed by atoms with Crippen molar-refractivity contribution in [3.05, 3.63) is 0 Å². The Hall–Kier alpha value is -2.44. The third-order valence-corrected chi connectivity index (χ3v) is 18.0. The average Bonchev–Trinajstić information content (AvgIpc) is 0.889. The second kappa shape index (κ2) is 33.4. The van der Waals surface area contributed by atoms with Crippen molar-refractivity contribution in [3.8, 4) is 0 Å². The molecule has 0 spiro atoms. The molecule has 41 heteroatoms. The number of nitrogens with one attached hydrogen (secondary N) is 2. The highest BCUT2D eigenvalue weighted by Crippen LogP contribution is 2.39. The molecule has 8 aliphatic rings. The first-order chi connectivity index (χ1) is 43.7. The van der Waals surface area contributed by atoms with Crippen LogP contribution in [0.25, 0.3) is 0 Å². The highest BCUT2D eigenvalue weighted by Gasteiger charge is 2.59. The van der Waals surface area contributed by atoms with Crippen molar-refractivity contribution in [2.24, 2.45) is 0 Å². The summed E-state index contributed by atoms with van der Waals surface area (Å²) in [5, 5.41) is 232. The number of carbonyl (C=O) groups excluding carboxylic acids is 3. The van der Waals surface area contributed by atoms with Crippen molar-refractivity contribution in [2.75, 3.05) is 58.6 Å². The molecule has 0 radical (unpaired) electrons. The molecule has 0 saturated carbocycles. The van der Waals surface area contributed by atoms with Crippen molar-refractivity contribution in [1.82, 2.24) is 10.6 Å². The van der Waals surface area contributed by atoms with Crippen molar-refractivity contribution in [3.63, 3.8) is 0 Å². The van der Waals surface area contributed by atoms with Crippen LogP contribution in [0.3, 0.4) is 0 Å². The maximum Gasteiger partial charge on any atom is 0.240 e. The predicted octanol–water partition coefficient (Wildman–Crippen LogP) is -15.6. The Morgan fingerprint density at radius 1 is 0.424 bits per heavy atom. The number of hydrogen-bond acceptors (Lipinski definition) is 39. The monoisotopic (exact) mass is 1360 g/mol. The van der Waals surface area contributed by atoms with E-state index in [1.807, 2.05) is 0 Å². The van der Waals surface area contributed by atoms with Crippen molar-refractivity contribution >= 4 is 29.5 Å². The highest BCUT2D eigenvalue weighted by atomic mass is 32.2. The number of aliphatic hydroxyl groups excluding tert-OH is 21. The van der Waals surface area contributed by atoms with E-state index < -0.39 is 284 Å². The summed E-state index contributed by atoms with van der Waals surface area (Å²) in [4.78, 5) is 37.0. The molecular weight excluding hydrogens is 1280 g/mol. The maximum absolute atomic E-state index is 12.9. The Kier molecular flexibility index (Phi) is 27.4. The Morgan fingerprint density at radius 3 is 1.29 bits per heavy atom. The van der Waals surface area contributed by atoms with Crippen LogP contribution in [0.2, 0.25) is 0 Å². The Balaban J connectivity index is 1.08. The number of aliphatic hydroxyl groups is 21. The van der Waals surface area contributed by atoms with Crippen molar-refractivity contribution in [1.29, 1.82) is 0 Å². The molecule has 0 aliphatic carbocycles. The molecule has 0 aromatic carbocycles. The fourth-order valence-corrected chi connectivity index (χ4v) is 12.6. The van der Waals surface area contributed by atoms with E-state index in [1.165, 1.54) is 0 Å². The van der Waals surface area contributed by atoms with Crippen LogP contribution in [0, 0.1) is 0 Å². The molecule has 8 fully saturated rings. The van der Waals surface area contributed by atoms with E-state index >= 15 is 0 Å². The van der Waals surface area contributed by atoms with E-state index in [1.54, 1.807) is 0 Å². The van der Waals surface area contributed by atoms with Crippen LogP contribution in [0.1, 0.15) is 19.8 Å². The fraction of sp³-hybridized carbons (Fsp3) is 0.941. The van der Waals surface area contributed by atoms with Crippen LogP contribution in [-0.2, 0) is 80.7 Å². The standard InChI is InChI=1S/C51H84N2O38S/c1-13(60)52-23-28(66)39(87-50-37(75)33(71)40(19(11-59)85-50)88-48-35(73)30(68)25(63)15(7-55)81-48)18(10-58)84-45(23)91-43-32(70)27(65)17(9-57)83-51(43)89-41-20(12-79-46-34(72)29(67)24(62)14(6-54)80-46)86-47(78-3-2-4-92-21-5-22(61)53-44(21)77)38(76)42(41)90-49-36(74)31(69)26(64)16(8-56)82-49/h14-21,23-43,45-51,54-59,62-76H,2-12H2,1H3,(H,52,60)(H,53,61,77)/t14?,15?,16?,17?,18?,19?,20?,21?,23?,24-,25+,26-,27-,28-,29+,30+,31+,32+,33-,34?,35?,36?,37?,38?,39-,40+,41-,42-,43?,45-,46-,47+,48-,49+,50+,51+/m1/s1. The Bertz CT molecular complexity index is 2330. The van der Waals surface area contributed by atoms with E-state index in [2.05, 4.69) is 10.6 Å². The van der Waals surface area contributed by atoms with Gasteiger partial charge in [0, 0.05) is 13.3 Å². The van der Waals surface area contributed by atoms with Crippen LogP contribution in [-0.4, -0.2) is 404 Å². The molecule has 23 N–H and O–H groups in total. The molecule has 0 aromatic rings. The molecule has 8 heterocycles. The third-order valence-electron chi connectivity index (χ3n) is 16.7. The van der Waals surface area contributed by atoms with Gasteiger partial charge in [-0.1, -0.05) is 0 Å². The normalized spacial score (nSPS) is 48.7. The topological polar surface area (TPSA) is 629 Å². The first-order valence-corrected chi connectivity index (χ1v) is 30.4. The van der Waals surface area contributed by atoms with E-state index in [0.29, 0.717) is 0 Å². The number of hydrogen-bond donors (Lipinski definition) is 23. The molecular formula is C51H84N2O38S. The quantitative estimate of drug-likeness (QED) is 0.0282.